The standard InChI is InChI=1S/C21H25N3O4/c1-3-11-28-19-6-4-5-17(12-19)14-23-24-21(26)15-22-20(25)13-16-7-9-18(27-2)10-8-16/h4-10,12,14H,3,11,13,15H2,1-2H3,(H,22,25)(H,24,26)/b23-14+. The summed E-state index contributed by atoms with van der Waals surface area (Å²) in [6, 6.07) is 14.6. The third-order valence-corrected chi connectivity index (χ3v) is 3.70. The lowest BCUT2D eigenvalue weighted by Gasteiger charge is -2.06. The summed E-state index contributed by atoms with van der Waals surface area (Å²) in [6.45, 7) is 2.54. The van der Waals surface area contributed by atoms with E-state index >= 15 is 0 Å². The smallest absolute Gasteiger partial charge is 0.259 e. The van der Waals surface area contributed by atoms with Crippen molar-refractivity contribution in [2.24, 2.45) is 5.10 Å². The Hall–Kier alpha value is -3.35. The van der Waals surface area contributed by atoms with Crippen molar-refractivity contribution < 1.29 is 19.1 Å². The van der Waals surface area contributed by atoms with Crippen molar-refractivity contribution in [1.82, 2.24) is 10.7 Å². The van der Waals surface area contributed by atoms with Crippen LogP contribution in [0, 0.1) is 0 Å². The molecule has 148 valence electrons. The molecule has 0 saturated carbocycles. The van der Waals surface area contributed by atoms with Crippen molar-refractivity contribution in [1.29, 1.82) is 0 Å². The van der Waals surface area contributed by atoms with E-state index in [4.69, 9.17) is 9.47 Å². The van der Waals surface area contributed by atoms with Gasteiger partial charge in [-0.05, 0) is 41.8 Å². The van der Waals surface area contributed by atoms with Gasteiger partial charge in [-0.3, -0.25) is 9.59 Å². The lowest BCUT2D eigenvalue weighted by Crippen LogP contribution is -2.35. The van der Waals surface area contributed by atoms with Crippen LogP contribution < -0.4 is 20.2 Å². The third kappa shape index (κ3) is 7.49. The van der Waals surface area contributed by atoms with Crippen LogP contribution in [0.15, 0.2) is 53.6 Å². The molecule has 0 spiro atoms. The number of rotatable bonds is 10. The molecular weight excluding hydrogens is 358 g/mol. The molecule has 2 rings (SSSR count). The Balaban J connectivity index is 1.73. The monoisotopic (exact) mass is 383 g/mol. The van der Waals surface area contributed by atoms with E-state index in [0.717, 1.165) is 29.0 Å². The minimum absolute atomic E-state index is 0.147. The number of hydrogen-bond acceptors (Lipinski definition) is 5. The Kier molecular flexibility index (Phi) is 8.52. The fourth-order valence-corrected chi connectivity index (χ4v) is 2.29. The molecule has 2 amide bonds. The molecule has 0 bridgehead atoms. The van der Waals surface area contributed by atoms with Gasteiger partial charge in [0.15, 0.2) is 0 Å². The molecule has 7 heteroatoms. The number of ether oxygens (including phenoxy) is 2. The highest BCUT2D eigenvalue weighted by atomic mass is 16.5. The summed E-state index contributed by atoms with van der Waals surface area (Å²) >= 11 is 0. The Bertz CT molecular complexity index is 804. The number of nitrogens with zero attached hydrogens (tertiary/aromatic N) is 1. The van der Waals surface area contributed by atoms with Gasteiger partial charge in [-0.15, -0.1) is 0 Å². The maximum absolute atomic E-state index is 11.9. The second-order valence-electron chi connectivity index (χ2n) is 6.02. The first-order chi connectivity index (χ1) is 13.6. The van der Waals surface area contributed by atoms with E-state index < -0.39 is 5.91 Å². The van der Waals surface area contributed by atoms with Gasteiger partial charge in [0.1, 0.15) is 11.5 Å². The zero-order valence-corrected chi connectivity index (χ0v) is 16.1. The van der Waals surface area contributed by atoms with Crippen molar-refractivity contribution in [3.05, 3.63) is 59.7 Å². The van der Waals surface area contributed by atoms with Crippen LogP contribution in [0.25, 0.3) is 0 Å². The number of carbonyl (C=O) groups excluding carboxylic acids is 2. The van der Waals surface area contributed by atoms with Gasteiger partial charge >= 0.3 is 0 Å². The molecule has 0 aliphatic heterocycles. The van der Waals surface area contributed by atoms with Gasteiger partial charge < -0.3 is 14.8 Å². The highest BCUT2D eigenvalue weighted by Crippen LogP contribution is 2.12. The van der Waals surface area contributed by atoms with Gasteiger partial charge in [0.05, 0.1) is 32.9 Å². The SMILES string of the molecule is CCCOc1cccc(/C=N/NC(=O)CNC(=O)Cc2ccc(OC)cc2)c1. The van der Waals surface area contributed by atoms with Crippen LogP contribution in [-0.4, -0.2) is 38.3 Å². The quantitative estimate of drug-likeness (QED) is 0.487. The molecule has 2 aromatic rings. The van der Waals surface area contributed by atoms with Crippen LogP contribution >= 0.6 is 0 Å². The third-order valence-electron chi connectivity index (χ3n) is 3.70. The van der Waals surface area contributed by atoms with Crippen molar-refractivity contribution in [2.45, 2.75) is 19.8 Å². The first-order valence-corrected chi connectivity index (χ1v) is 9.05. The molecular formula is C21H25N3O4. The van der Waals surface area contributed by atoms with E-state index in [1.807, 2.05) is 31.2 Å². The number of carbonyl (C=O) groups is 2. The van der Waals surface area contributed by atoms with E-state index in [1.54, 1.807) is 31.4 Å². The van der Waals surface area contributed by atoms with Crippen LogP contribution in [0.2, 0.25) is 0 Å². The normalized spacial score (nSPS) is 10.5. The van der Waals surface area contributed by atoms with Crippen LogP contribution in [0.4, 0.5) is 0 Å². The zero-order valence-electron chi connectivity index (χ0n) is 16.1. The number of methoxy groups -OCH3 is 1. The van der Waals surface area contributed by atoms with Crippen LogP contribution in [0.3, 0.4) is 0 Å². The average molecular weight is 383 g/mol. The number of amides is 2. The van der Waals surface area contributed by atoms with Crippen LogP contribution in [0.5, 0.6) is 11.5 Å². The van der Waals surface area contributed by atoms with Gasteiger partial charge in [0.25, 0.3) is 5.91 Å². The van der Waals surface area contributed by atoms with E-state index in [1.165, 1.54) is 6.21 Å². The molecule has 0 radical (unpaired) electrons. The van der Waals surface area contributed by atoms with E-state index in [9.17, 15) is 9.59 Å². The van der Waals surface area contributed by atoms with Crippen LogP contribution in [0.1, 0.15) is 24.5 Å². The van der Waals surface area contributed by atoms with Crippen LogP contribution in [-0.2, 0) is 16.0 Å². The largest absolute Gasteiger partial charge is 0.497 e. The number of hydrazone groups is 1. The lowest BCUT2D eigenvalue weighted by molar-refractivity contribution is -0.125. The number of benzene rings is 2. The minimum atomic E-state index is -0.405. The van der Waals surface area contributed by atoms with Crippen molar-refractivity contribution in [3.63, 3.8) is 0 Å². The Morgan fingerprint density at radius 2 is 1.86 bits per heavy atom. The van der Waals surface area contributed by atoms with E-state index in [2.05, 4.69) is 15.8 Å². The molecule has 0 aliphatic carbocycles. The second kappa shape index (κ2) is 11.4. The van der Waals surface area contributed by atoms with Crippen molar-refractivity contribution in [2.75, 3.05) is 20.3 Å². The minimum Gasteiger partial charge on any atom is -0.497 e. The highest BCUT2D eigenvalue weighted by Gasteiger charge is 2.06. The fourth-order valence-electron chi connectivity index (χ4n) is 2.29. The second-order valence-corrected chi connectivity index (χ2v) is 6.02. The zero-order chi connectivity index (χ0) is 20.2. The summed E-state index contributed by atoms with van der Waals surface area (Å²) in [5.41, 5.74) is 4.02. The summed E-state index contributed by atoms with van der Waals surface area (Å²) in [4.78, 5) is 23.7. The Labute approximate surface area is 164 Å². The van der Waals surface area contributed by atoms with Gasteiger partial charge in [-0.25, -0.2) is 5.43 Å². The molecule has 7 nitrogen and oxygen atoms in total. The maximum atomic E-state index is 11.9. The molecule has 0 saturated heterocycles. The lowest BCUT2D eigenvalue weighted by atomic mass is 10.1. The number of hydrogen-bond donors (Lipinski definition) is 2. The van der Waals surface area contributed by atoms with E-state index in [-0.39, 0.29) is 18.9 Å². The first kappa shape index (κ1) is 21.0. The predicted molar refractivity (Wildman–Crippen MR) is 108 cm³/mol. The van der Waals surface area contributed by atoms with Crippen molar-refractivity contribution in [3.8, 4) is 11.5 Å². The Morgan fingerprint density at radius 1 is 1.07 bits per heavy atom. The topological polar surface area (TPSA) is 89.0 Å². The average Bonchev–Trinajstić information content (AvgIpc) is 2.71. The first-order valence-electron chi connectivity index (χ1n) is 9.05. The summed E-state index contributed by atoms with van der Waals surface area (Å²) in [5.74, 6) is 0.828. The molecule has 2 N–H and O–H groups in total. The molecule has 0 fully saturated rings. The molecule has 2 aromatic carbocycles. The predicted octanol–water partition coefficient (Wildman–Crippen LogP) is 2.29. The Morgan fingerprint density at radius 3 is 2.57 bits per heavy atom. The molecule has 0 heterocycles. The molecule has 0 atom stereocenters. The van der Waals surface area contributed by atoms with Gasteiger partial charge in [-0.1, -0.05) is 31.2 Å². The maximum Gasteiger partial charge on any atom is 0.259 e. The summed E-state index contributed by atoms with van der Waals surface area (Å²) in [5, 5.41) is 6.46. The van der Waals surface area contributed by atoms with Crippen molar-refractivity contribution >= 4 is 18.0 Å². The molecule has 28 heavy (non-hydrogen) atoms. The highest BCUT2D eigenvalue weighted by molar-refractivity contribution is 5.87. The summed E-state index contributed by atoms with van der Waals surface area (Å²) < 4.78 is 10.6. The van der Waals surface area contributed by atoms with Gasteiger partial charge in [-0.2, -0.15) is 5.10 Å². The number of nitrogens with one attached hydrogen (secondary N) is 2. The molecule has 0 aliphatic rings. The summed E-state index contributed by atoms with van der Waals surface area (Å²) in [6.07, 6.45) is 2.64. The summed E-state index contributed by atoms with van der Waals surface area (Å²) in [7, 11) is 1.58. The molecule has 0 aromatic heterocycles. The fraction of sp³-hybridized carbons (Fsp3) is 0.286. The van der Waals surface area contributed by atoms with Gasteiger partial charge in [0.2, 0.25) is 5.91 Å². The molecule has 0 unspecified atom stereocenters. The van der Waals surface area contributed by atoms with Gasteiger partial charge in [0, 0.05) is 0 Å². The van der Waals surface area contributed by atoms with E-state index in [0.29, 0.717) is 6.61 Å².